The minimum absolute atomic E-state index is 0.0477. The molecule has 3 rings (SSSR count). The second-order valence-electron chi connectivity index (χ2n) is 6.67. The molecule has 0 aliphatic carbocycles. The summed E-state index contributed by atoms with van der Waals surface area (Å²) in [7, 11) is 0. The van der Waals surface area contributed by atoms with Crippen LogP contribution >= 0.6 is 11.6 Å². The minimum atomic E-state index is -0.465. The molecule has 1 heterocycles. The zero-order chi connectivity index (χ0) is 16.8. The number of carbonyl (C=O) groups is 1. The molecule has 118 valence electrons. The van der Waals surface area contributed by atoms with Gasteiger partial charge >= 0.3 is 0 Å². The molecule has 0 atom stereocenters. The maximum absolute atomic E-state index is 14.1. The number of aromatic amines is 1. The molecule has 0 amide bonds. The number of fused-ring (bicyclic) bond motifs is 1. The number of H-pyrrole nitrogens is 1. The van der Waals surface area contributed by atoms with Gasteiger partial charge in [-0.05, 0) is 28.7 Å². The average molecular weight is 330 g/mol. The van der Waals surface area contributed by atoms with E-state index in [0.29, 0.717) is 22.2 Å². The lowest BCUT2D eigenvalue weighted by molar-refractivity contribution is 0.112. The molecule has 0 unspecified atom stereocenters. The predicted molar refractivity (Wildman–Crippen MR) is 92.8 cm³/mol. The monoisotopic (exact) mass is 329 g/mol. The van der Waals surface area contributed by atoms with Crippen LogP contribution in [0.2, 0.25) is 5.02 Å². The van der Waals surface area contributed by atoms with Gasteiger partial charge in [0.15, 0.2) is 6.29 Å². The maximum atomic E-state index is 14.1. The highest BCUT2D eigenvalue weighted by molar-refractivity contribution is 6.31. The molecule has 0 saturated carbocycles. The first-order valence-electron chi connectivity index (χ1n) is 7.38. The zero-order valence-electron chi connectivity index (χ0n) is 13.2. The van der Waals surface area contributed by atoms with Gasteiger partial charge in [0.05, 0.1) is 11.2 Å². The standard InChI is InChI=1S/C19H17ClFNO/c1-19(2,3)12-6-4-11(5-7-12)17-15(10-23)14-8-13(20)9-16(21)18(14)22-17/h4-10,22H,1-3H3. The molecule has 1 aromatic heterocycles. The van der Waals surface area contributed by atoms with Crippen LogP contribution in [0.1, 0.15) is 36.7 Å². The molecule has 0 bridgehead atoms. The number of aromatic nitrogens is 1. The molecule has 0 aliphatic rings. The Labute approximate surface area is 139 Å². The first-order valence-corrected chi connectivity index (χ1v) is 7.76. The highest BCUT2D eigenvalue weighted by Crippen LogP contribution is 2.33. The summed E-state index contributed by atoms with van der Waals surface area (Å²) in [4.78, 5) is 14.6. The molecule has 4 heteroatoms. The van der Waals surface area contributed by atoms with Crippen molar-refractivity contribution in [1.29, 1.82) is 0 Å². The predicted octanol–water partition coefficient (Wildman–Crippen LogP) is 5.74. The highest BCUT2D eigenvalue weighted by Gasteiger charge is 2.18. The van der Waals surface area contributed by atoms with Crippen LogP contribution in [0, 0.1) is 5.82 Å². The van der Waals surface area contributed by atoms with Crippen molar-refractivity contribution in [2.75, 3.05) is 0 Å². The van der Waals surface area contributed by atoms with Crippen molar-refractivity contribution in [2.45, 2.75) is 26.2 Å². The second kappa shape index (κ2) is 5.50. The van der Waals surface area contributed by atoms with E-state index >= 15 is 0 Å². The third kappa shape index (κ3) is 2.77. The third-order valence-corrected chi connectivity index (χ3v) is 4.24. The Morgan fingerprint density at radius 2 is 1.78 bits per heavy atom. The van der Waals surface area contributed by atoms with Gasteiger partial charge in [-0.25, -0.2) is 4.39 Å². The Morgan fingerprint density at radius 3 is 2.35 bits per heavy atom. The van der Waals surface area contributed by atoms with Crippen LogP contribution in [-0.2, 0) is 5.41 Å². The fourth-order valence-electron chi connectivity index (χ4n) is 2.73. The number of rotatable bonds is 2. The third-order valence-electron chi connectivity index (χ3n) is 4.02. The van der Waals surface area contributed by atoms with Crippen LogP contribution in [0.5, 0.6) is 0 Å². The first-order chi connectivity index (χ1) is 10.8. The average Bonchev–Trinajstić information content (AvgIpc) is 2.85. The van der Waals surface area contributed by atoms with Gasteiger partial charge in [0.1, 0.15) is 5.82 Å². The van der Waals surface area contributed by atoms with Crippen molar-refractivity contribution in [1.82, 2.24) is 4.98 Å². The summed E-state index contributed by atoms with van der Waals surface area (Å²) < 4.78 is 14.1. The number of aldehydes is 1. The molecule has 0 fully saturated rings. The van der Waals surface area contributed by atoms with E-state index in [-0.39, 0.29) is 10.4 Å². The van der Waals surface area contributed by atoms with Crippen LogP contribution in [0.25, 0.3) is 22.2 Å². The van der Waals surface area contributed by atoms with Gasteiger partial charge in [0, 0.05) is 16.0 Å². The molecule has 0 aliphatic heterocycles. The Morgan fingerprint density at radius 1 is 1.13 bits per heavy atom. The summed E-state index contributed by atoms with van der Waals surface area (Å²) in [6, 6.07) is 10.8. The largest absolute Gasteiger partial charge is 0.352 e. The summed E-state index contributed by atoms with van der Waals surface area (Å²) in [6.45, 7) is 6.41. The van der Waals surface area contributed by atoms with E-state index < -0.39 is 5.82 Å². The number of hydrogen-bond donors (Lipinski definition) is 1. The van der Waals surface area contributed by atoms with E-state index in [1.165, 1.54) is 11.6 Å². The normalized spacial score (nSPS) is 11.9. The van der Waals surface area contributed by atoms with Crippen LogP contribution < -0.4 is 0 Å². The van der Waals surface area contributed by atoms with E-state index in [9.17, 15) is 9.18 Å². The zero-order valence-corrected chi connectivity index (χ0v) is 14.0. The summed E-state index contributed by atoms with van der Waals surface area (Å²) in [5.74, 6) is -0.465. The van der Waals surface area contributed by atoms with Gasteiger partial charge in [0.2, 0.25) is 0 Å². The molecule has 0 spiro atoms. The summed E-state index contributed by atoms with van der Waals surface area (Å²) in [5, 5.41) is 0.770. The van der Waals surface area contributed by atoms with Crippen molar-refractivity contribution in [3.63, 3.8) is 0 Å². The molecule has 1 N–H and O–H groups in total. The minimum Gasteiger partial charge on any atom is -0.352 e. The van der Waals surface area contributed by atoms with Crippen molar-refractivity contribution in [2.24, 2.45) is 0 Å². The van der Waals surface area contributed by atoms with Crippen molar-refractivity contribution in [3.05, 3.63) is 58.4 Å². The molecular formula is C19H17ClFNO. The number of nitrogens with one attached hydrogen (secondary N) is 1. The Hall–Kier alpha value is -2.13. The number of halogens is 2. The van der Waals surface area contributed by atoms with E-state index in [2.05, 4.69) is 25.8 Å². The summed E-state index contributed by atoms with van der Waals surface area (Å²) in [6.07, 6.45) is 0.738. The van der Waals surface area contributed by atoms with Gasteiger partial charge in [-0.1, -0.05) is 56.6 Å². The van der Waals surface area contributed by atoms with Crippen molar-refractivity contribution < 1.29 is 9.18 Å². The van der Waals surface area contributed by atoms with Gasteiger partial charge < -0.3 is 4.98 Å². The van der Waals surface area contributed by atoms with Gasteiger partial charge in [-0.2, -0.15) is 0 Å². The fraction of sp³-hybridized carbons (Fsp3) is 0.211. The molecule has 23 heavy (non-hydrogen) atoms. The Balaban J connectivity index is 2.20. The van der Waals surface area contributed by atoms with Crippen LogP contribution in [0.15, 0.2) is 36.4 Å². The topological polar surface area (TPSA) is 32.9 Å². The van der Waals surface area contributed by atoms with Crippen LogP contribution in [-0.4, -0.2) is 11.3 Å². The smallest absolute Gasteiger partial charge is 0.152 e. The van der Waals surface area contributed by atoms with Gasteiger partial charge in [0.25, 0.3) is 0 Å². The van der Waals surface area contributed by atoms with Crippen molar-refractivity contribution in [3.8, 4) is 11.3 Å². The Bertz CT molecular complexity index is 888. The van der Waals surface area contributed by atoms with Crippen LogP contribution in [0.4, 0.5) is 4.39 Å². The lowest BCUT2D eigenvalue weighted by atomic mass is 9.86. The maximum Gasteiger partial charge on any atom is 0.152 e. The van der Waals surface area contributed by atoms with E-state index in [1.54, 1.807) is 6.07 Å². The highest BCUT2D eigenvalue weighted by atomic mass is 35.5. The first kappa shape index (κ1) is 15.8. The molecule has 0 saturated heterocycles. The lowest BCUT2D eigenvalue weighted by Gasteiger charge is -2.19. The fourth-order valence-corrected chi connectivity index (χ4v) is 2.93. The second-order valence-corrected chi connectivity index (χ2v) is 7.11. The van der Waals surface area contributed by atoms with Gasteiger partial charge in [-0.15, -0.1) is 0 Å². The Kier molecular flexibility index (Phi) is 3.77. The van der Waals surface area contributed by atoms with E-state index in [4.69, 9.17) is 11.6 Å². The van der Waals surface area contributed by atoms with E-state index in [1.807, 2.05) is 24.3 Å². The molecular weight excluding hydrogens is 313 g/mol. The number of hydrogen-bond acceptors (Lipinski definition) is 1. The van der Waals surface area contributed by atoms with Gasteiger partial charge in [-0.3, -0.25) is 4.79 Å². The molecule has 3 aromatic rings. The quantitative estimate of drug-likeness (QED) is 0.598. The molecule has 2 aromatic carbocycles. The summed E-state index contributed by atoms with van der Waals surface area (Å²) >= 11 is 5.91. The lowest BCUT2D eigenvalue weighted by Crippen LogP contribution is -2.10. The number of benzene rings is 2. The SMILES string of the molecule is CC(C)(C)c1ccc(-c2[nH]c3c(F)cc(Cl)cc3c2C=O)cc1. The van der Waals surface area contributed by atoms with Crippen LogP contribution in [0.3, 0.4) is 0 Å². The molecule has 2 nitrogen and oxygen atoms in total. The summed E-state index contributed by atoms with van der Waals surface area (Å²) in [5.41, 5.74) is 3.41. The van der Waals surface area contributed by atoms with E-state index in [0.717, 1.165) is 11.8 Å². The molecule has 0 radical (unpaired) electrons. The number of carbonyl (C=O) groups excluding carboxylic acids is 1. The van der Waals surface area contributed by atoms with Crippen molar-refractivity contribution >= 4 is 28.8 Å².